The van der Waals surface area contributed by atoms with Crippen LogP contribution < -0.4 is 4.74 Å². The van der Waals surface area contributed by atoms with Crippen molar-refractivity contribution in [1.29, 1.82) is 0 Å². The standard InChI is InChI=1S/C9H10O2.C2H6/c1-7(10)8-4-3-5-9(6-8)11-2;1-2/h3-6H,1-2H3;1-2H3. The monoisotopic (exact) mass is 180 g/mol. The van der Waals surface area contributed by atoms with Crippen molar-refractivity contribution in [2.45, 2.75) is 20.8 Å². The minimum Gasteiger partial charge on any atom is -0.497 e. The Balaban J connectivity index is 0.000000671. The van der Waals surface area contributed by atoms with Crippen molar-refractivity contribution in [3.8, 4) is 5.75 Å². The van der Waals surface area contributed by atoms with E-state index in [1.807, 2.05) is 19.9 Å². The minimum atomic E-state index is 0.0592. The second-order valence-corrected chi connectivity index (χ2v) is 2.29. The van der Waals surface area contributed by atoms with E-state index in [-0.39, 0.29) is 5.78 Å². The molecular formula is C11H16O2. The molecule has 0 saturated carbocycles. The van der Waals surface area contributed by atoms with Crippen LogP contribution in [0.15, 0.2) is 24.3 Å². The molecule has 0 fully saturated rings. The molecule has 0 aliphatic heterocycles. The first-order valence-corrected chi connectivity index (χ1v) is 4.39. The predicted octanol–water partition coefficient (Wildman–Crippen LogP) is 2.92. The summed E-state index contributed by atoms with van der Waals surface area (Å²) < 4.78 is 4.95. The number of methoxy groups -OCH3 is 1. The Labute approximate surface area is 79.5 Å². The van der Waals surface area contributed by atoms with Gasteiger partial charge in [0.05, 0.1) is 7.11 Å². The Morgan fingerprint density at radius 3 is 2.38 bits per heavy atom. The third-order valence-electron chi connectivity index (χ3n) is 1.48. The number of ketones is 1. The molecule has 0 heterocycles. The number of Topliss-reactive ketones (excluding diaryl/α,β-unsaturated/α-hetero) is 1. The molecule has 13 heavy (non-hydrogen) atoms. The van der Waals surface area contributed by atoms with Crippen molar-refractivity contribution in [2.24, 2.45) is 0 Å². The fourth-order valence-electron chi connectivity index (χ4n) is 0.842. The molecule has 1 aromatic carbocycles. The first-order chi connectivity index (χ1) is 6.24. The van der Waals surface area contributed by atoms with Gasteiger partial charge >= 0.3 is 0 Å². The normalized spacial score (nSPS) is 8.31. The summed E-state index contributed by atoms with van der Waals surface area (Å²) in [6, 6.07) is 7.11. The predicted molar refractivity (Wildman–Crippen MR) is 54.3 cm³/mol. The molecule has 0 aliphatic rings. The highest BCUT2D eigenvalue weighted by Crippen LogP contribution is 2.12. The lowest BCUT2D eigenvalue weighted by Crippen LogP contribution is -1.92. The summed E-state index contributed by atoms with van der Waals surface area (Å²) in [7, 11) is 1.58. The van der Waals surface area contributed by atoms with Crippen LogP contribution in [0.5, 0.6) is 5.75 Å². The molecule has 0 amide bonds. The van der Waals surface area contributed by atoms with Gasteiger partial charge in [0.2, 0.25) is 0 Å². The Morgan fingerprint density at radius 1 is 1.31 bits per heavy atom. The van der Waals surface area contributed by atoms with E-state index in [4.69, 9.17) is 4.74 Å². The molecule has 0 saturated heterocycles. The third-order valence-corrected chi connectivity index (χ3v) is 1.48. The van der Waals surface area contributed by atoms with Crippen LogP contribution in [0.25, 0.3) is 0 Å². The molecule has 2 nitrogen and oxygen atoms in total. The molecule has 1 rings (SSSR count). The molecule has 1 aromatic rings. The van der Waals surface area contributed by atoms with Gasteiger partial charge in [-0.2, -0.15) is 0 Å². The molecule has 0 atom stereocenters. The van der Waals surface area contributed by atoms with E-state index in [0.29, 0.717) is 5.56 Å². The van der Waals surface area contributed by atoms with Gasteiger partial charge in [-0.3, -0.25) is 4.79 Å². The highest BCUT2D eigenvalue weighted by Gasteiger charge is 1.98. The number of ether oxygens (including phenoxy) is 1. The lowest BCUT2D eigenvalue weighted by molar-refractivity contribution is 0.101. The Kier molecular flexibility index (Phi) is 5.60. The van der Waals surface area contributed by atoms with Crippen LogP contribution in [0.2, 0.25) is 0 Å². The molecule has 0 unspecified atom stereocenters. The van der Waals surface area contributed by atoms with Gasteiger partial charge in [0.1, 0.15) is 5.75 Å². The Bertz CT molecular complexity index is 267. The summed E-state index contributed by atoms with van der Waals surface area (Å²) in [6.07, 6.45) is 0. The summed E-state index contributed by atoms with van der Waals surface area (Å²) in [5, 5.41) is 0. The zero-order valence-corrected chi connectivity index (χ0v) is 8.63. The number of carbonyl (C=O) groups is 1. The lowest BCUT2D eigenvalue weighted by atomic mass is 10.1. The smallest absolute Gasteiger partial charge is 0.159 e. The molecule has 0 N–H and O–H groups in total. The fourth-order valence-corrected chi connectivity index (χ4v) is 0.842. The first-order valence-electron chi connectivity index (χ1n) is 4.39. The first kappa shape index (κ1) is 11.7. The van der Waals surface area contributed by atoms with Crippen LogP contribution in [0.3, 0.4) is 0 Å². The summed E-state index contributed by atoms with van der Waals surface area (Å²) in [5.41, 5.74) is 0.685. The molecule has 0 spiro atoms. The van der Waals surface area contributed by atoms with E-state index in [1.54, 1.807) is 25.3 Å². The minimum absolute atomic E-state index is 0.0592. The van der Waals surface area contributed by atoms with Gasteiger partial charge in [0.15, 0.2) is 5.78 Å². The zero-order chi connectivity index (χ0) is 10.3. The van der Waals surface area contributed by atoms with Gasteiger partial charge in [-0.15, -0.1) is 0 Å². The van der Waals surface area contributed by atoms with Crippen LogP contribution in [0.4, 0.5) is 0 Å². The van der Waals surface area contributed by atoms with Crippen molar-refractivity contribution < 1.29 is 9.53 Å². The van der Waals surface area contributed by atoms with Crippen molar-refractivity contribution in [1.82, 2.24) is 0 Å². The zero-order valence-electron chi connectivity index (χ0n) is 8.63. The van der Waals surface area contributed by atoms with Crippen molar-refractivity contribution in [2.75, 3.05) is 7.11 Å². The van der Waals surface area contributed by atoms with Crippen LogP contribution in [0, 0.1) is 0 Å². The van der Waals surface area contributed by atoms with Gasteiger partial charge < -0.3 is 4.74 Å². The summed E-state index contributed by atoms with van der Waals surface area (Å²) in [4.78, 5) is 10.9. The third kappa shape index (κ3) is 3.74. The van der Waals surface area contributed by atoms with Crippen molar-refractivity contribution in [3.63, 3.8) is 0 Å². The van der Waals surface area contributed by atoms with Gasteiger partial charge in [0.25, 0.3) is 0 Å². The van der Waals surface area contributed by atoms with E-state index in [1.165, 1.54) is 6.92 Å². The van der Waals surface area contributed by atoms with Gasteiger partial charge in [-0.25, -0.2) is 0 Å². The second-order valence-electron chi connectivity index (χ2n) is 2.29. The molecule has 72 valence electrons. The maximum atomic E-state index is 10.9. The maximum absolute atomic E-state index is 10.9. The number of carbonyl (C=O) groups excluding carboxylic acids is 1. The average molecular weight is 180 g/mol. The topological polar surface area (TPSA) is 26.3 Å². The largest absolute Gasteiger partial charge is 0.497 e. The molecule has 0 radical (unpaired) electrons. The highest BCUT2D eigenvalue weighted by molar-refractivity contribution is 5.94. The highest BCUT2D eigenvalue weighted by atomic mass is 16.5. The van der Waals surface area contributed by atoms with Crippen LogP contribution in [-0.2, 0) is 0 Å². The maximum Gasteiger partial charge on any atom is 0.159 e. The second kappa shape index (κ2) is 6.23. The number of benzene rings is 1. The molecule has 0 aromatic heterocycles. The fraction of sp³-hybridized carbons (Fsp3) is 0.364. The van der Waals surface area contributed by atoms with Crippen LogP contribution in [-0.4, -0.2) is 12.9 Å². The van der Waals surface area contributed by atoms with E-state index < -0.39 is 0 Å². The summed E-state index contributed by atoms with van der Waals surface area (Å²) in [6.45, 7) is 5.54. The van der Waals surface area contributed by atoms with E-state index in [0.717, 1.165) is 5.75 Å². The Hall–Kier alpha value is -1.31. The molecule has 0 bridgehead atoms. The van der Waals surface area contributed by atoms with Gasteiger partial charge in [0, 0.05) is 5.56 Å². The van der Waals surface area contributed by atoms with Gasteiger partial charge in [-0.05, 0) is 19.1 Å². The molecule has 0 aliphatic carbocycles. The van der Waals surface area contributed by atoms with E-state index in [2.05, 4.69) is 0 Å². The van der Waals surface area contributed by atoms with Gasteiger partial charge in [-0.1, -0.05) is 26.0 Å². The SMILES string of the molecule is CC.COc1cccc(C(C)=O)c1. The molecule has 2 heteroatoms. The number of hydrogen-bond acceptors (Lipinski definition) is 2. The van der Waals surface area contributed by atoms with E-state index >= 15 is 0 Å². The van der Waals surface area contributed by atoms with Crippen LogP contribution in [0.1, 0.15) is 31.1 Å². The molecular weight excluding hydrogens is 164 g/mol. The number of hydrogen-bond donors (Lipinski definition) is 0. The lowest BCUT2D eigenvalue weighted by Gasteiger charge is -1.99. The Morgan fingerprint density at radius 2 is 1.92 bits per heavy atom. The summed E-state index contributed by atoms with van der Waals surface area (Å²) in [5.74, 6) is 0.779. The average Bonchev–Trinajstić information content (AvgIpc) is 2.21. The van der Waals surface area contributed by atoms with Crippen molar-refractivity contribution >= 4 is 5.78 Å². The quantitative estimate of drug-likeness (QED) is 0.654. The summed E-state index contributed by atoms with van der Waals surface area (Å²) >= 11 is 0. The van der Waals surface area contributed by atoms with Crippen LogP contribution >= 0.6 is 0 Å². The van der Waals surface area contributed by atoms with Crippen molar-refractivity contribution in [3.05, 3.63) is 29.8 Å². The number of rotatable bonds is 2. The van der Waals surface area contributed by atoms with E-state index in [9.17, 15) is 4.79 Å².